The second kappa shape index (κ2) is 12.2. The number of aromatic nitrogens is 4. The molecular weight excluding hydrogens is 725 g/mol. The average Bonchev–Trinajstić information content (AvgIpc) is 3.97. The molecule has 0 radical (unpaired) electrons. The third kappa shape index (κ3) is 4.71. The summed E-state index contributed by atoms with van der Waals surface area (Å²) < 4.78 is 15.8. The molecule has 0 fully saturated rings. The topological polar surface area (TPSA) is 69.9 Å². The van der Waals surface area contributed by atoms with Crippen LogP contribution >= 0.6 is 0 Å². The van der Waals surface area contributed by atoms with E-state index in [0.717, 1.165) is 82.5 Å². The zero-order valence-electron chi connectivity index (χ0n) is 31.4. The molecule has 9 aromatic carbocycles. The zero-order chi connectivity index (χ0) is 38.6. The second-order valence-corrected chi connectivity index (χ2v) is 15.1. The summed E-state index contributed by atoms with van der Waals surface area (Å²) in [6, 6.07) is 63.3. The van der Waals surface area contributed by atoms with Gasteiger partial charge in [-0.1, -0.05) is 133 Å². The van der Waals surface area contributed by atoms with E-state index in [1.165, 1.54) is 21.5 Å². The van der Waals surface area contributed by atoms with Crippen molar-refractivity contribution in [3.63, 3.8) is 0 Å². The third-order valence-corrected chi connectivity index (χ3v) is 11.8. The maximum Gasteiger partial charge on any atom is 0.167 e. The quantitative estimate of drug-likeness (QED) is 0.179. The van der Waals surface area contributed by atoms with Gasteiger partial charge in [0.2, 0.25) is 0 Å². The van der Waals surface area contributed by atoms with E-state index in [-0.39, 0.29) is 0 Å². The normalized spacial score (nSPS) is 12.1. The van der Waals surface area contributed by atoms with Gasteiger partial charge in [-0.3, -0.25) is 0 Å². The summed E-state index contributed by atoms with van der Waals surface area (Å²) in [7, 11) is 0. The molecule has 6 nitrogen and oxygen atoms in total. The van der Waals surface area contributed by atoms with Gasteiger partial charge < -0.3 is 13.4 Å². The van der Waals surface area contributed by atoms with Crippen molar-refractivity contribution < 1.29 is 8.83 Å². The lowest BCUT2D eigenvalue weighted by molar-refractivity contribution is 0.669. The monoisotopic (exact) mass is 754 g/mol. The van der Waals surface area contributed by atoms with E-state index in [4.69, 9.17) is 23.8 Å². The van der Waals surface area contributed by atoms with Gasteiger partial charge in [0, 0.05) is 32.5 Å². The van der Waals surface area contributed by atoms with Crippen LogP contribution in [0.5, 0.6) is 0 Å². The average molecular weight is 755 g/mol. The molecule has 0 aliphatic heterocycles. The molecule has 0 aliphatic rings. The van der Waals surface area contributed by atoms with Gasteiger partial charge >= 0.3 is 0 Å². The van der Waals surface area contributed by atoms with Gasteiger partial charge in [0.15, 0.2) is 17.5 Å². The summed E-state index contributed by atoms with van der Waals surface area (Å²) in [4.78, 5) is 15.8. The number of hydrogen-bond acceptors (Lipinski definition) is 5. The molecule has 6 heteroatoms. The molecule has 4 heterocycles. The number of nitrogens with zero attached hydrogens (tertiary/aromatic N) is 4. The Hall–Kier alpha value is -8.09. The maximum absolute atomic E-state index is 6.91. The smallest absolute Gasteiger partial charge is 0.167 e. The van der Waals surface area contributed by atoms with Crippen LogP contribution in [0.15, 0.2) is 191 Å². The summed E-state index contributed by atoms with van der Waals surface area (Å²) in [5.41, 5.74) is 8.79. The number of para-hydroxylation sites is 4. The summed E-state index contributed by atoms with van der Waals surface area (Å²) in [6.07, 6.45) is 0. The lowest BCUT2D eigenvalue weighted by Crippen LogP contribution is -2.02. The van der Waals surface area contributed by atoms with Crippen molar-refractivity contribution in [3.8, 4) is 39.9 Å². The van der Waals surface area contributed by atoms with Crippen molar-refractivity contribution >= 4 is 87.2 Å². The van der Waals surface area contributed by atoms with Crippen LogP contribution in [0.25, 0.3) is 127 Å². The molecule has 4 aromatic heterocycles. The van der Waals surface area contributed by atoms with Gasteiger partial charge in [-0.25, -0.2) is 15.0 Å². The lowest BCUT2D eigenvalue weighted by atomic mass is 10.0. The summed E-state index contributed by atoms with van der Waals surface area (Å²) in [5.74, 6) is 1.60. The molecule has 0 spiro atoms. The van der Waals surface area contributed by atoms with Gasteiger partial charge in [-0.15, -0.1) is 0 Å². The van der Waals surface area contributed by atoms with Crippen molar-refractivity contribution in [3.05, 3.63) is 182 Å². The van der Waals surface area contributed by atoms with Crippen molar-refractivity contribution in [1.29, 1.82) is 0 Å². The van der Waals surface area contributed by atoms with Crippen LogP contribution in [0.3, 0.4) is 0 Å². The van der Waals surface area contributed by atoms with Crippen LogP contribution in [0.2, 0.25) is 0 Å². The first-order valence-corrected chi connectivity index (χ1v) is 19.8. The molecule has 0 bridgehead atoms. The van der Waals surface area contributed by atoms with Gasteiger partial charge in [-0.05, 0) is 70.1 Å². The fraction of sp³-hybridized carbons (Fsp3) is 0. The number of fused-ring (bicyclic) bond motifs is 11. The Morgan fingerprint density at radius 3 is 1.69 bits per heavy atom. The van der Waals surface area contributed by atoms with Gasteiger partial charge in [0.25, 0.3) is 0 Å². The summed E-state index contributed by atoms with van der Waals surface area (Å²) >= 11 is 0. The Balaban J connectivity index is 1.12. The SMILES string of the molecule is c1ccc2cc3c(cc2c1)c1ccccc1n3-c1ccc(-c2nc(-c3cccc4ccccc34)nc(-c3cccc4c3oc3ccccc34)n2)c2oc3ccccc3c12. The first-order valence-electron chi connectivity index (χ1n) is 19.8. The molecule has 0 amide bonds. The Morgan fingerprint density at radius 1 is 0.339 bits per heavy atom. The number of hydrogen-bond donors (Lipinski definition) is 0. The first kappa shape index (κ1) is 32.0. The Kier molecular flexibility index (Phi) is 6.63. The Morgan fingerprint density at radius 2 is 0.881 bits per heavy atom. The molecule has 0 atom stereocenters. The molecular formula is C53H30N4O2. The van der Waals surface area contributed by atoms with E-state index in [9.17, 15) is 0 Å². The minimum atomic E-state index is 0.509. The highest BCUT2D eigenvalue weighted by Crippen LogP contribution is 2.44. The largest absolute Gasteiger partial charge is 0.455 e. The molecule has 13 rings (SSSR count). The van der Waals surface area contributed by atoms with E-state index in [2.05, 4.69) is 144 Å². The second-order valence-electron chi connectivity index (χ2n) is 15.1. The van der Waals surface area contributed by atoms with Crippen molar-refractivity contribution in [2.45, 2.75) is 0 Å². The number of benzene rings is 9. The van der Waals surface area contributed by atoms with E-state index in [0.29, 0.717) is 23.1 Å². The lowest BCUT2D eigenvalue weighted by Gasteiger charge is -2.13. The zero-order valence-corrected chi connectivity index (χ0v) is 31.4. The third-order valence-electron chi connectivity index (χ3n) is 11.8. The van der Waals surface area contributed by atoms with E-state index < -0.39 is 0 Å². The highest BCUT2D eigenvalue weighted by molar-refractivity contribution is 6.18. The molecule has 274 valence electrons. The minimum Gasteiger partial charge on any atom is -0.455 e. The van der Waals surface area contributed by atoms with E-state index in [1.807, 2.05) is 42.5 Å². The molecule has 0 saturated carbocycles. The van der Waals surface area contributed by atoms with Crippen LogP contribution in [0.1, 0.15) is 0 Å². The highest BCUT2D eigenvalue weighted by atomic mass is 16.3. The van der Waals surface area contributed by atoms with E-state index in [1.54, 1.807) is 0 Å². The minimum absolute atomic E-state index is 0.509. The molecule has 13 aromatic rings. The van der Waals surface area contributed by atoms with Crippen molar-refractivity contribution in [1.82, 2.24) is 19.5 Å². The van der Waals surface area contributed by atoms with Gasteiger partial charge in [0.1, 0.15) is 22.3 Å². The van der Waals surface area contributed by atoms with Crippen LogP contribution in [-0.2, 0) is 0 Å². The molecule has 0 aliphatic carbocycles. The van der Waals surface area contributed by atoms with Crippen molar-refractivity contribution in [2.24, 2.45) is 0 Å². The van der Waals surface area contributed by atoms with Crippen LogP contribution in [0, 0.1) is 0 Å². The van der Waals surface area contributed by atoms with Gasteiger partial charge in [-0.2, -0.15) is 0 Å². The fourth-order valence-corrected chi connectivity index (χ4v) is 9.17. The first-order chi connectivity index (χ1) is 29.2. The molecule has 59 heavy (non-hydrogen) atoms. The number of rotatable bonds is 4. The summed E-state index contributed by atoms with van der Waals surface area (Å²) in [6.45, 7) is 0. The summed E-state index contributed by atoms with van der Waals surface area (Å²) in [5, 5.41) is 11.0. The Labute approximate surface area is 336 Å². The fourth-order valence-electron chi connectivity index (χ4n) is 9.17. The van der Waals surface area contributed by atoms with Crippen molar-refractivity contribution in [2.75, 3.05) is 0 Å². The standard InChI is InChI=1S/C53H30N4O2/c1-2-15-33-30-45-42(29-32(33)14-1)35-18-5-8-24-43(35)57(45)44-28-27-41(50-48(44)39-20-7-10-26-47(39)59-50)53-55-51(38-22-11-16-31-13-3-4-17-34(31)38)54-52(56-53)40-23-12-21-37-36-19-6-9-25-46(36)58-49(37)40/h1-30H. The van der Waals surface area contributed by atoms with E-state index >= 15 is 0 Å². The Bertz CT molecular complexity index is 3870. The van der Waals surface area contributed by atoms with Gasteiger partial charge in [0.05, 0.1) is 33.2 Å². The highest BCUT2D eigenvalue weighted by Gasteiger charge is 2.24. The van der Waals surface area contributed by atoms with Crippen LogP contribution in [0.4, 0.5) is 0 Å². The van der Waals surface area contributed by atoms with Crippen LogP contribution in [-0.4, -0.2) is 19.5 Å². The molecule has 0 saturated heterocycles. The maximum atomic E-state index is 6.91. The molecule has 0 unspecified atom stereocenters. The number of furan rings is 2. The predicted octanol–water partition coefficient (Wildman–Crippen LogP) is 14.1. The predicted molar refractivity (Wildman–Crippen MR) is 240 cm³/mol. The van der Waals surface area contributed by atoms with Crippen LogP contribution < -0.4 is 0 Å². The molecule has 0 N–H and O–H groups in total.